The number of hydrogen-bond acceptors (Lipinski definition) is 4. The molecule has 2 amide bonds. The monoisotopic (exact) mass is 331 g/mol. The van der Waals surface area contributed by atoms with Gasteiger partial charge in [0.2, 0.25) is 11.8 Å². The highest BCUT2D eigenvalue weighted by atomic mass is 16.2. The molecule has 2 atom stereocenters. The van der Waals surface area contributed by atoms with Crippen LogP contribution in [0.1, 0.15) is 63.1 Å². The van der Waals surface area contributed by atoms with Gasteiger partial charge >= 0.3 is 0 Å². The number of aromatic nitrogens is 3. The number of rotatable bonds is 4. The van der Waals surface area contributed by atoms with E-state index >= 15 is 0 Å². The predicted molar refractivity (Wildman–Crippen MR) is 87.0 cm³/mol. The lowest BCUT2D eigenvalue weighted by Crippen LogP contribution is -2.38. The van der Waals surface area contributed by atoms with Crippen molar-refractivity contribution in [3.63, 3.8) is 0 Å². The first kappa shape index (κ1) is 15.6. The Balaban J connectivity index is 1.38. The van der Waals surface area contributed by atoms with Gasteiger partial charge in [0.05, 0.1) is 12.0 Å². The number of carbonyl (C=O) groups excluding carboxylic acids is 2. The number of nitrogens with one attached hydrogen (secondary N) is 1. The molecule has 7 nitrogen and oxygen atoms in total. The predicted octanol–water partition coefficient (Wildman–Crippen LogP) is 1.19. The van der Waals surface area contributed by atoms with Gasteiger partial charge in [-0.1, -0.05) is 12.8 Å². The quantitative estimate of drug-likeness (QED) is 0.899. The van der Waals surface area contributed by atoms with Crippen LogP contribution in [0.4, 0.5) is 0 Å². The molecule has 1 aromatic rings. The molecule has 0 bridgehead atoms. The summed E-state index contributed by atoms with van der Waals surface area (Å²) in [6.07, 6.45) is 6.95. The molecule has 4 rings (SSSR count). The maximum Gasteiger partial charge on any atom is 0.226 e. The molecule has 2 unspecified atom stereocenters. The van der Waals surface area contributed by atoms with E-state index in [1.807, 2.05) is 11.8 Å². The number of aryl methyl sites for hydroxylation is 1. The highest BCUT2D eigenvalue weighted by molar-refractivity contribution is 5.89. The maximum absolute atomic E-state index is 12.6. The molecular weight excluding hydrogens is 306 g/mol. The third-order valence-electron chi connectivity index (χ3n) is 5.68. The summed E-state index contributed by atoms with van der Waals surface area (Å²) in [5, 5.41) is 11.5. The summed E-state index contributed by atoms with van der Waals surface area (Å²) in [4.78, 5) is 26.8. The van der Waals surface area contributed by atoms with Crippen LogP contribution in [0, 0.1) is 5.92 Å². The molecule has 130 valence electrons. The number of fused-ring (bicyclic) bond motifs is 1. The van der Waals surface area contributed by atoms with Crippen molar-refractivity contribution >= 4 is 11.8 Å². The van der Waals surface area contributed by atoms with E-state index in [9.17, 15) is 9.59 Å². The molecule has 0 spiro atoms. The second-order valence-corrected chi connectivity index (χ2v) is 7.35. The molecule has 1 aliphatic carbocycles. The lowest BCUT2D eigenvalue weighted by Gasteiger charge is -2.24. The number of hydrogen-bond donors (Lipinski definition) is 1. The Kier molecular flexibility index (Phi) is 4.02. The van der Waals surface area contributed by atoms with Crippen LogP contribution >= 0.6 is 0 Å². The average Bonchev–Trinajstić information content (AvgIpc) is 3.30. The van der Waals surface area contributed by atoms with Crippen molar-refractivity contribution in [1.29, 1.82) is 0 Å². The molecule has 24 heavy (non-hydrogen) atoms. The maximum atomic E-state index is 12.6. The van der Waals surface area contributed by atoms with Crippen molar-refractivity contribution in [2.45, 2.75) is 70.5 Å². The molecule has 0 aromatic carbocycles. The molecule has 2 aliphatic heterocycles. The Labute approximate surface area is 141 Å². The van der Waals surface area contributed by atoms with Gasteiger partial charge in [0, 0.05) is 32.0 Å². The van der Waals surface area contributed by atoms with Gasteiger partial charge in [-0.05, 0) is 26.2 Å². The van der Waals surface area contributed by atoms with Crippen LogP contribution in [-0.4, -0.2) is 44.1 Å². The summed E-state index contributed by atoms with van der Waals surface area (Å²) < 4.78 is 2.11. The molecule has 3 aliphatic rings. The van der Waals surface area contributed by atoms with E-state index in [1.165, 1.54) is 12.8 Å². The first-order valence-corrected chi connectivity index (χ1v) is 9.15. The van der Waals surface area contributed by atoms with Crippen LogP contribution in [0.3, 0.4) is 0 Å². The van der Waals surface area contributed by atoms with Crippen LogP contribution in [-0.2, 0) is 22.6 Å². The summed E-state index contributed by atoms with van der Waals surface area (Å²) >= 11 is 0. The number of amides is 2. The van der Waals surface area contributed by atoms with Crippen molar-refractivity contribution in [3.8, 4) is 0 Å². The first-order chi connectivity index (χ1) is 11.6. The Morgan fingerprint density at radius 3 is 2.83 bits per heavy atom. The van der Waals surface area contributed by atoms with Gasteiger partial charge in [-0.25, -0.2) is 0 Å². The molecule has 1 N–H and O–H groups in total. The van der Waals surface area contributed by atoms with Gasteiger partial charge in [0.1, 0.15) is 5.82 Å². The first-order valence-electron chi connectivity index (χ1n) is 9.15. The Hall–Kier alpha value is -1.92. The summed E-state index contributed by atoms with van der Waals surface area (Å²) in [5.74, 6) is 1.70. The van der Waals surface area contributed by atoms with E-state index in [-0.39, 0.29) is 23.8 Å². The minimum atomic E-state index is -0.235. The van der Waals surface area contributed by atoms with E-state index < -0.39 is 0 Å². The lowest BCUT2D eigenvalue weighted by molar-refractivity contribution is -0.130. The molecule has 1 saturated heterocycles. The third kappa shape index (κ3) is 2.70. The second kappa shape index (κ2) is 6.18. The van der Waals surface area contributed by atoms with Crippen molar-refractivity contribution in [2.24, 2.45) is 5.92 Å². The molecule has 1 saturated carbocycles. The van der Waals surface area contributed by atoms with Gasteiger partial charge in [0.25, 0.3) is 0 Å². The van der Waals surface area contributed by atoms with E-state index in [0.717, 1.165) is 43.9 Å². The lowest BCUT2D eigenvalue weighted by atomic mass is 10.1. The smallest absolute Gasteiger partial charge is 0.226 e. The zero-order valence-electron chi connectivity index (χ0n) is 14.2. The molecule has 3 heterocycles. The fourth-order valence-electron chi connectivity index (χ4n) is 4.37. The molecular formula is C17H25N5O2. The topological polar surface area (TPSA) is 80.1 Å². The van der Waals surface area contributed by atoms with Gasteiger partial charge < -0.3 is 14.8 Å². The zero-order chi connectivity index (χ0) is 16.7. The Bertz CT molecular complexity index is 649. The number of likely N-dealkylation sites (tertiary alicyclic amines) is 1. The van der Waals surface area contributed by atoms with E-state index in [1.54, 1.807) is 0 Å². The van der Waals surface area contributed by atoms with Crippen LogP contribution in [0.5, 0.6) is 0 Å². The van der Waals surface area contributed by atoms with Crippen molar-refractivity contribution < 1.29 is 9.59 Å². The third-order valence-corrected chi connectivity index (χ3v) is 5.68. The normalized spacial score (nSPS) is 25.3. The zero-order valence-corrected chi connectivity index (χ0v) is 14.2. The van der Waals surface area contributed by atoms with Crippen molar-refractivity contribution in [3.05, 3.63) is 11.6 Å². The molecule has 1 aromatic heterocycles. The van der Waals surface area contributed by atoms with Crippen molar-refractivity contribution in [2.75, 3.05) is 6.54 Å². The summed E-state index contributed by atoms with van der Waals surface area (Å²) in [5.41, 5.74) is 0. The Morgan fingerprint density at radius 2 is 2.04 bits per heavy atom. The number of carbonyl (C=O) groups is 2. The fourth-order valence-corrected chi connectivity index (χ4v) is 4.37. The van der Waals surface area contributed by atoms with Crippen LogP contribution in [0.15, 0.2) is 0 Å². The van der Waals surface area contributed by atoms with Crippen LogP contribution in [0.25, 0.3) is 0 Å². The van der Waals surface area contributed by atoms with Gasteiger partial charge in [0.15, 0.2) is 5.82 Å². The minimum Gasteiger partial charge on any atom is -0.346 e. The fraction of sp³-hybridized carbons (Fsp3) is 0.765. The van der Waals surface area contributed by atoms with E-state index in [2.05, 4.69) is 20.1 Å². The van der Waals surface area contributed by atoms with E-state index in [4.69, 9.17) is 0 Å². The van der Waals surface area contributed by atoms with Crippen LogP contribution in [0.2, 0.25) is 0 Å². The standard InChI is InChI=1S/C17H25N5O2/c1-11(16-20-19-14-7-4-8-21(14)16)18-17(24)12-9-15(23)22(10-12)13-5-2-3-6-13/h11-13H,2-10H2,1H3,(H,18,24). The van der Waals surface area contributed by atoms with Gasteiger partial charge in [-0.3, -0.25) is 9.59 Å². The second-order valence-electron chi connectivity index (χ2n) is 7.35. The number of nitrogens with zero attached hydrogens (tertiary/aromatic N) is 4. The summed E-state index contributed by atoms with van der Waals surface area (Å²) in [6, 6.07) is 0.181. The average molecular weight is 331 g/mol. The SMILES string of the molecule is CC(NC(=O)C1CC(=O)N(C2CCCC2)C1)c1nnc2n1CCC2. The highest BCUT2D eigenvalue weighted by Crippen LogP contribution is 2.30. The largest absolute Gasteiger partial charge is 0.346 e. The minimum absolute atomic E-state index is 0.0355. The molecule has 7 heteroatoms. The summed E-state index contributed by atoms with van der Waals surface area (Å²) in [7, 11) is 0. The molecule has 2 fully saturated rings. The van der Waals surface area contributed by atoms with Gasteiger partial charge in [-0.2, -0.15) is 0 Å². The highest BCUT2D eigenvalue weighted by Gasteiger charge is 2.39. The Morgan fingerprint density at radius 1 is 1.25 bits per heavy atom. The molecule has 0 radical (unpaired) electrons. The van der Waals surface area contributed by atoms with Crippen LogP contribution < -0.4 is 5.32 Å². The van der Waals surface area contributed by atoms with E-state index in [0.29, 0.717) is 19.0 Å². The van der Waals surface area contributed by atoms with Crippen molar-refractivity contribution in [1.82, 2.24) is 25.0 Å². The summed E-state index contributed by atoms with van der Waals surface area (Å²) in [6.45, 7) is 3.44. The van der Waals surface area contributed by atoms with Gasteiger partial charge in [-0.15, -0.1) is 10.2 Å².